The Bertz CT molecular complexity index is 1310. The molecule has 4 rings (SSSR count). The van der Waals surface area contributed by atoms with Crippen LogP contribution in [0, 0.1) is 0 Å². The molecule has 2 N–H and O–H groups in total. The number of hydrogen-bond acceptors (Lipinski definition) is 6. The van der Waals surface area contributed by atoms with Crippen molar-refractivity contribution in [1.29, 1.82) is 0 Å². The number of alkyl halides is 3. The second kappa shape index (κ2) is 7.87. The van der Waals surface area contributed by atoms with Gasteiger partial charge >= 0.3 is 6.18 Å². The molecule has 1 aromatic carbocycles. The average molecular weight is 448 g/mol. The van der Waals surface area contributed by atoms with Crippen molar-refractivity contribution in [2.45, 2.75) is 12.7 Å². The fourth-order valence-corrected chi connectivity index (χ4v) is 4.04. The van der Waals surface area contributed by atoms with E-state index < -0.39 is 23.2 Å². The van der Waals surface area contributed by atoms with Crippen LogP contribution in [0.3, 0.4) is 0 Å². The molecular formula is C19H15F3N6O2S. The molecule has 0 spiro atoms. The fraction of sp³-hybridized carbons (Fsp3) is 0.158. The molecular weight excluding hydrogens is 433 g/mol. The van der Waals surface area contributed by atoms with Gasteiger partial charge in [-0.1, -0.05) is 0 Å². The van der Waals surface area contributed by atoms with Crippen LogP contribution < -0.4 is 16.2 Å². The highest BCUT2D eigenvalue weighted by atomic mass is 32.1. The van der Waals surface area contributed by atoms with Gasteiger partial charge in [-0.2, -0.15) is 23.4 Å². The highest BCUT2D eigenvalue weighted by Gasteiger charge is 2.30. The molecule has 4 aromatic rings. The zero-order valence-corrected chi connectivity index (χ0v) is 16.8. The van der Waals surface area contributed by atoms with Gasteiger partial charge in [-0.05, 0) is 29.7 Å². The lowest BCUT2D eigenvalue weighted by molar-refractivity contribution is -0.137. The van der Waals surface area contributed by atoms with Gasteiger partial charge in [-0.15, -0.1) is 16.1 Å². The van der Waals surface area contributed by atoms with Crippen molar-refractivity contribution in [2.24, 2.45) is 0 Å². The number of thiophene rings is 1. The molecule has 12 heteroatoms. The van der Waals surface area contributed by atoms with Gasteiger partial charge < -0.3 is 10.6 Å². The standard InChI is InChI=1S/C19H15F3N6O2S/c1-23-13-10-31-18(17(13)28-24-6-7-25-28)26-15(29)9-27-14-4-3-12(19(20,21)22)8-11(14)2-5-16(27)30/h2-8,10,23H,9H2,1H3,(H,26,29). The van der Waals surface area contributed by atoms with Crippen LogP contribution in [0.1, 0.15) is 5.56 Å². The first-order valence-electron chi connectivity index (χ1n) is 8.94. The number of aromatic nitrogens is 4. The van der Waals surface area contributed by atoms with Crippen LogP contribution in [0.2, 0.25) is 0 Å². The maximum Gasteiger partial charge on any atom is 0.416 e. The largest absolute Gasteiger partial charge is 0.416 e. The van der Waals surface area contributed by atoms with Crippen molar-refractivity contribution in [3.05, 3.63) is 64.0 Å². The maximum atomic E-state index is 13.0. The number of carbonyl (C=O) groups excluding carboxylic acids is 1. The average Bonchev–Trinajstić information content (AvgIpc) is 3.38. The fourth-order valence-electron chi connectivity index (χ4n) is 3.10. The van der Waals surface area contributed by atoms with Gasteiger partial charge in [0.15, 0.2) is 0 Å². The third-order valence-electron chi connectivity index (χ3n) is 4.52. The summed E-state index contributed by atoms with van der Waals surface area (Å²) >= 11 is 1.24. The summed E-state index contributed by atoms with van der Waals surface area (Å²) in [5.41, 5.74) is 0.124. The Kier molecular flexibility index (Phi) is 5.23. The van der Waals surface area contributed by atoms with Gasteiger partial charge in [-0.25, -0.2) is 0 Å². The smallest absolute Gasteiger partial charge is 0.386 e. The van der Waals surface area contributed by atoms with Gasteiger partial charge in [-0.3, -0.25) is 14.2 Å². The number of anilines is 2. The molecule has 0 aliphatic heterocycles. The third kappa shape index (κ3) is 4.01. The molecule has 0 bridgehead atoms. The number of rotatable bonds is 5. The summed E-state index contributed by atoms with van der Waals surface area (Å²) in [6.45, 7) is -0.375. The summed E-state index contributed by atoms with van der Waals surface area (Å²) < 4.78 is 40.1. The number of benzene rings is 1. The first kappa shape index (κ1) is 20.6. The molecule has 160 valence electrons. The molecule has 0 aliphatic carbocycles. The molecule has 0 atom stereocenters. The number of nitrogens with zero attached hydrogens (tertiary/aromatic N) is 4. The van der Waals surface area contributed by atoms with Crippen LogP contribution in [-0.2, 0) is 17.5 Å². The molecule has 3 aromatic heterocycles. The zero-order chi connectivity index (χ0) is 22.2. The number of amides is 1. The molecule has 8 nitrogen and oxygen atoms in total. The predicted molar refractivity (Wildman–Crippen MR) is 111 cm³/mol. The quantitative estimate of drug-likeness (QED) is 0.489. The van der Waals surface area contributed by atoms with Gasteiger partial charge in [0.05, 0.1) is 29.2 Å². The number of fused-ring (bicyclic) bond motifs is 1. The molecule has 0 unspecified atom stereocenters. The van der Waals surface area contributed by atoms with Crippen LogP contribution >= 0.6 is 11.3 Å². The van der Waals surface area contributed by atoms with E-state index >= 15 is 0 Å². The number of pyridine rings is 1. The Morgan fingerprint density at radius 1 is 1.16 bits per heavy atom. The molecule has 3 heterocycles. The van der Waals surface area contributed by atoms with Crippen LogP contribution in [0.5, 0.6) is 0 Å². The highest BCUT2D eigenvalue weighted by Crippen LogP contribution is 2.35. The molecule has 0 radical (unpaired) electrons. The maximum absolute atomic E-state index is 13.0. The summed E-state index contributed by atoms with van der Waals surface area (Å²) in [4.78, 5) is 26.4. The Morgan fingerprint density at radius 3 is 2.58 bits per heavy atom. The van der Waals surface area contributed by atoms with E-state index in [0.29, 0.717) is 16.4 Å². The Balaban J connectivity index is 1.65. The molecule has 0 saturated carbocycles. The van der Waals surface area contributed by atoms with E-state index in [2.05, 4.69) is 20.8 Å². The van der Waals surface area contributed by atoms with E-state index in [1.54, 1.807) is 12.4 Å². The van der Waals surface area contributed by atoms with Crippen LogP contribution in [-0.4, -0.2) is 32.5 Å². The van der Waals surface area contributed by atoms with Crippen molar-refractivity contribution in [1.82, 2.24) is 19.6 Å². The molecule has 31 heavy (non-hydrogen) atoms. The van der Waals surface area contributed by atoms with E-state index in [1.165, 1.54) is 40.7 Å². The minimum atomic E-state index is -4.51. The first-order chi connectivity index (χ1) is 14.8. The van der Waals surface area contributed by atoms with E-state index in [9.17, 15) is 22.8 Å². The number of carbonyl (C=O) groups is 1. The summed E-state index contributed by atoms with van der Waals surface area (Å²) in [6.07, 6.45) is -1.52. The van der Waals surface area contributed by atoms with Gasteiger partial charge in [0.25, 0.3) is 5.56 Å². The summed E-state index contributed by atoms with van der Waals surface area (Å²) in [7, 11) is 1.71. The summed E-state index contributed by atoms with van der Waals surface area (Å²) in [5, 5.41) is 16.3. The van der Waals surface area contributed by atoms with Crippen molar-refractivity contribution in [3.63, 3.8) is 0 Å². The predicted octanol–water partition coefficient (Wildman–Crippen LogP) is 3.34. The minimum Gasteiger partial charge on any atom is -0.386 e. The number of hydrogen-bond donors (Lipinski definition) is 2. The van der Waals surface area contributed by atoms with Crippen molar-refractivity contribution < 1.29 is 18.0 Å². The second-order valence-electron chi connectivity index (χ2n) is 6.47. The van der Waals surface area contributed by atoms with Crippen LogP contribution in [0.25, 0.3) is 16.6 Å². The SMILES string of the molecule is CNc1csc(NC(=O)Cn2c(=O)ccc3cc(C(F)(F)F)ccc32)c1-n1nccn1. The topological polar surface area (TPSA) is 93.8 Å². The zero-order valence-electron chi connectivity index (χ0n) is 16.0. The van der Waals surface area contributed by atoms with E-state index in [4.69, 9.17) is 0 Å². The monoisotopic (exact) mass is 448 g/mol. The van der Waals surface area contributed by atoms with Crippen molar-refractivity contribution >= 4 is 38.8 Å². The summed E-state index contributed by atoms with van der Waals surface area (Å²) in [5.74, 6) is -0.521. The molecule has 0 fully saturated rings. The van der Waals surface area contributed by atoms with Crippen molar-refractivity contribution in [2.75, 3.05) is 17.7 Å². The lowest BCUT2D eigenvalue weighted by Crippen LogP contribution is -2.27. The third-order valence-corrected chi connectivity index (χ3v) is 5.41. The number of nitrogens with one attached hydrogen (secondary N) is 2. The molecule has 1 amide bonds. The van der Waals surface area contributed by atoms with Gasteiger partial charge in [0.2, 0.25) is 5.91 Å². The van der Waals surface area contributed by atoms with E-state index in [1.807, 2.05) is 0 Å². The molecule has 0 saturated heterocycles. The van der Waals surface area contributed by atoms with Crippen LogP contribution in [0.15, 0.2) is 52.9 Å². The normalized spacial score (nSPS) is 11.6. The lowest BCUT2D eigenvalue weighted by atomic mass is 10.1. The Hall–Kier alpha value is -3.67. The first-order valence-corrected chi connectivity index (χ1v) is 9.82. The van der Waals surface area contributed by atoms with E-state index in [-0.39, 0.29) is 17.4 Å². The van der Waals surface area contributed by atoms with E-state index in [0.717, 1.165) is 22.8 Å². The Labute approximate surface area is 176 Å². The minimum absolute atomic E-state index is 0.206. The van der Waals surface area contributed by atoms with Gasteiger partial charge in [0.1, 0.15) is 17.2 Å². The molecule has 0 aliphatic rings. The highest BCUT2D eigenvalue weighted by molar-refractivity contribution is 7.15. The lowest BCUT2D eigenvalue weighted by Gasteiger charge is -2.13. The number of halogens is 3. The second-order valence-corrected chi connectivity index (χ2v) is 7.35. The van der Waals surface area contributed by atoms with Crippen molar-refractivity contribution in [3.8, 4) is 5.69 Å². The van der Waals surface area contributed by atoms with Gasteiger partial charge in [0, 0.05) is 18.5 Å². The summed E-state index contributed by atoms with van der Waals surface area (Å²) in [6, 6.07) is 5.47. The van der Waals surface area contributed by atoms with Crippen LogP contribution in [0.4, 0.5) is 23.9 Å². The Morgan fingerprint density at radius 2 is 1.90 bits per heavy atom.